The van der Waals surface area contributed by atoms with Crippen LogP contribution in [-0.4, -0.2) is 31.8 Å². The molecule has 0 spiro atoms. The fourth-order valence-electron chi connectivity index (χ4n) is 1.69. The minimum Gasteiger partial charge on any atom is -0.361 e. The Morgan fingerprint density at radius 2 is 1.88 bits per heavy atom. The number of rotatable bonds is 4. The number of sulfone groups is 1. The van der Waals surface area contributed by atoms with Crippen LogP contribution >= 0.6 is 0 Å². The molecule has 1 saturated heterocycles. The van der Waals surface area contributed by atoms with Crippen molar-refractivity contribution in [2.24, 2.45) is 0 Å². The van der Waals surface area contributed by atoms with Crippen molar-refractivity contribution < 1.29 is 17.9 Å². The van der Waals surface area contributed by atoms with E-state index in [-0.39, 0.29) is 18.1 Å². The molecular weight excluding hydrogens is 228 g/mol. The number of benzene rings is 1. The van der Waals surface area contributed by atoms with Crippen molar-refractivity contribution in [2.75, 3.05) is 11.5 Å². The van der Waals surface area contributed by atoms with E-state index in [0.717, 1.165) is 5.56 Å². The highest BCUT2D eigenvalue weighted by Gasteiger charge is 2.49. The largest absolute Gasteiger partial charge is 0.361 e. The molecule has 0 bridgehead atoms. The third-order valence-corrected chi connectivity index (χ3v) is 4.37. The van der Waals surface area contributed by atoms with Crippen LogP contribution in [0.5, 0.6) is 0 Å². The maximum Gasteiger partial charge on any atom is 0.156 e. The highest BCUT2D eigenvalue weighted by atomic mass is 32.2. The van der Waals surface area contributed by atoms with Gasteiger partial charge in [0.1, 0.15) is 0 Å². The first-order valence-corrected chi connectivity index (χ1v) is 6.72. The minimum atomic E-state index is -3.06. The minimum absolute atomic E-state index is 0.198. The number of carbonyl (C=O) groups is 1. The standard InChI is InChI=1S/C11H12O4S/c12-7-11(8-16(13,14)9-11)15-6-10-4-2-1-3-5-10/h1-5,7H,6,8-9H2. The van der Waals surface area contributed by atoms with E-state index in [0.29, 0.717) is 6.29 Å². The van der Waals surface area contributed by atoms with Crippen LogP contribution < -0.4 is 0 Å². The number of ether oxygens (including phenoxy) is 1. The fourth-order valence-corrected chi connectivity index (χ4v) is 3.40. The van der Waals surface area contributed by atoms with E-state index in [1.807, 2.05) is 30.3 Å². The molecule has 1 aromatic carbocycles. The molecule has 1 aliphatic heterocycles. The summed E-state index contributed by atoms with van der Waals surface area (Å²) >= 11 is 0. The van der Waals surface area contributed by atoms with Crippen LogP contribution in [0, 0.1) is 0 Å². The number of carbonyl (C=O) groups excluding carboxylic acids is 1. The molecule has 0 radical (unpaired) electrons. The van der Waals surface area contributed by atoms with Gasteiger partial charge in [-0.25, -0.2) is 8.42 Å². The molecule has 1 aliphatic rings. The molecule has 2 rings (SSSR count). The lowest BCUT2D eigenvalue weighted by molar-refractivity contribution is -0.129. The van der Waals surface area contributed by atoms with Crippen molar-refractivity contribution in [1.82, 2.24) is 0 Å². The van der Waals surface area contributed by atoms with Crippen LogP contribution in [0.2, 0.25) is 0 Å². The van der Waals surface area contributed by atoms with Gasteiger partial charge in [0.25, 0.3) is 0 Å². The molecule has 86 valence electrons. The molecule has 0 unspecified atom stereocenters. The van der Waals surface area contributed by atoms with Crippen LogP contribution in [0.4, 0.5) is 0 Å². The van der Waals surface area contributed by atoms with E-state index < -0.39 is 15.4 Å². The summed E-state index contributed by atoms with van der Waals surface area (Å²) in [6, 6.07) is 9.34. The van der Waals surface area contributed by atoms with Crippen LogP contribution in [0.25, 0.3) is 0 Å². The molecule has 0 atom stereocenters. The second kappa shape index (κ2) is 3.99. The average Bonchev–Trinajstić information content (AvgIpc) is 2.24. The van der Waals surface area contributed by atoms with E-state index in [4.69, 9.17) is 4.74 Å². The van der Waals surface area contributed by atoms with Crippen molar-refractivity contribution >= 4 is 16.1 Å². The van der Waals surface area contributed by atoms with Crippen molar-refractivity contribution in [2.45, 2.75) is 12.2 Å². The fraction of sp³-hybridized carbons (Fsp3) is 0.364. The Kier molecular flexibility index (Phi) is 2.82. The van der Waals surface area contributed by atoms with Crippen molar-refractivity contribution in [3.8, 4) is 0 Å². The molecule has 4 nitrogen and oxygen atoms in total. The van der Waals surface area contributed by atoms with Crippen molar-refractivity contribution in [1.29, 1.82) is 0 Å². The highest BCUT2D eigenvalue weighted by Crippen LogP contribution is 2.26. The summed E-state index contributed by atoms with van der Waals surface area (Å²) in [7, 11) is -3.06. The predicted molar refractivity (Wildman–Crippen MR) is 58.7 cm³/mol. The van der Waals surface area contributed by atoms with Gasteiger partial charge in [0, 0.05) is 0 Å². The summed E-state index contributed by atoms with van der Waals surface area (Å²) in [6.07, 6.45) is 0.594. The van der Waals surface area contributed by atoms with Crippen molar-refractivity contribution in [3.05, 3.63) is 35.9 Å². The predicted octanol–water partition coefficient (Wildman–Crippen LogP) is 0.569. The molecule has 0 N–H and O–H groups in total. The smallest absolute Gasteiger partial charge is 0.156 e. The quantitative estimate of drug-likeness (QED) is 0.722. The second-order valence-electron chi connectivity index (χ2n) is 3.99. The Balaban J connectivity index is 1.98. The summed E-state index contributed by atoms with van der Waals surface area (Å²) in [4.78, 5) is 10.8. The van der Waals surface area contributed by atoms with Gasteiger partial charge in [0.05, 0.1) is 18.1 Å². The molecule has 1 fully saturated rings. The zero-order valence-corrected chi connectivity index (χ0v) is 9.44. The molecule has 0 aromatic heterocycles. The Hall–Kier alpha value is -1.20. The summed E-state index contributed by atoms with van der Waals surface area (Å²) in [6.45, 7) is 0.259. The van der Waals surface area contributed by atoms with Crippen LogP contribution in [0.3, 0.4) is 0 Å². The summed E-state index contributed by atoms with van der Waals surface area (Å²) < 4.78 is 27.5. The van der Waals surface area contributed by atoms with Gasteiger partial charge in [-0.2, -0.15) is 0 Å². The van der Waals surface area contributed by atoms with Crippen LogP contribution in [0.15, 0.2) is 30.3 Å². The Bertz CT molecular complexity index is 466. The number of aldehydes is 1. The normalized spacial score (nSPS) is 21.0. The lowest BCUT2D eigenvalue weighted by atomic mass is 10.1. The van der Waals surface area contributed by atoms with Gasteiger partial charge in [-0.05, 0) is 5.56 Å². The average molecular weight is 240 g/mol. The van der Waals surface area contributed by atoms with E-state index in [1.165, 1.54) is 0 Å². The van der Waals surface area contributed by atoms with Gasteiger partial charge < -0.3 is 9.53 Å². The lowest BCUT2D eigenvalue weighted by Crippen LogP contribution is -2.57. The molecule has 0 amide bonds. The molecule has 5 heteroatoms. The Morgan fingerprint density at radius 3 is 2.38 bits per heavy atom. The first kappa shape index (κ1) is 11.3. The molecular formula is C11H12O4S. The summed E-state index contributed by atoms with van der Waals surface area (Å²) in [5.74, 6) is -0.396. The monoisotopic (exact) mass is 240 g/mol. The number of hydrogen-bond donors (Lipinski definition) is 0. The maximum absolute atomic E-state index is 11.0. The zero-order chi connectivity index (χ0) is 11.6. The van der Waals surface area contributed by atoms with Gasteiger partial charge in [0.15, 0.2) is 21.7 Å². The third-order valence-electron chi connectivity index (χ3n) is 2.51. The molecule has 0 aliphatic carbocycles. The van der Waals surface area contributed by atoms with Gasteiger partial charge in [-0.1, -0.05) is 30.3 Å². The highest BCUT2D eigenvalue weighted by molar-refractivity contribution is 7.93. The molecule has 0 saturated carbocycles. The first-order valence-electron chi connectivity index (χ1n) is 4.90. The lowest BCUT2D eigenvalue weighted by Gasteiger charge is -2.35. The maximum atomic E-state index is 11.0. The Morgan fingerprint density at radius 1 is 1.25 bits per heavy atom. The van der Waals surface area contributed by atoms with Crippen LogP contribution in [0.1, 0.15) is 5.56 Å². The van der Waals surface area contributed by atoms with Crippen LogP contribution in [-0.2, 0) is 26.0 Å². The van der Waals surface area contributed by atoms with Gasteiger partial charge >= 0.3 is 0 Å². The van der Waals surface area contributed by atoms with Crippen molar-refractivity contribution in [3.63, 3.8) is 0 Å². The second-order valence-corrected chi connectivity index (χ2v) is 6.05. The van der Waals surface area contributed by atoms with E-state index in [2.05, 4.69) is 0 Å². The Labute approximate surface area is 94.2 Å². The number of hydrogen-bond acceptors (Lipinski definition) is 4. The van der Waals surface area contributed by atoms with Gasteiger partial charge in [-0.3, -0.25) is 0 Å². The summed E-state index contributed by atoms with van der Waals surface area (Å²) in [5, 5.41) is 0. The van der Waals surface area contributed by atoms with E-state index in [1.54, 1.807) is 0 Å². The van der Waals surface area contributed by atoms with Gasteiger partial charge in [-0.15, -0.1) is 0 Å². The topological polar surface area (TPSA) is 60.4 Å². The van der Waals surface area contributed by atoms with E-state index in [9.17, 15) is 13.2 Å². The molecule has 1 heterocycles. The van der Waals surface area contributed by atoms with E-state index >= 15 is 0 Å². The first-order chi connectivity index (χ1) is 7.55. The molecule has 16 heavy (non-hydrogen) atoms. The van der Waals surface area contributed by atoms with Gasteiger partial charge in [0.2, 0.25) is 0 Å². The zero-order valence-electron chi connectivity index (χ0n) is 8.63. The molecule has 1 aromatic rings. The summed E-state index contributed by atoms with van der Waals surface area (Å²) in [5.41, 5.74) is -0.192. The SMILES string of the molecule is O=CC1(OCc2ccccc2)CS(=O)(=O)C1. The third kappa shape index (κ3) is 2.31.